The Kier molecular flexibility index (Phi) is 5.95. The van der Waals surface area contributed by atoms with Crippen LogP contribution in [0.3, 0.4) is 0 Å². The molecule has 0 aliphatic rings. The van der Waals surface area contributed by atoms with Crippen LogP contribution in [0.15, 0.2) is 85.3 Å². The first kappa shape index (κ1) is 21.2. The molecule has 0 aliphatic heterocycles. The molecule has 1 heterocycles. The number of alkyl halides is 3. The van der Waals surface area contributed by atoms with E-state index in [1.165, 1.54) is 18.2 Å². The Labute approximate surface area is 183 Å². The summed E-state index contributed by atoms with van der Waals surface area (Å²) in [5.74, 6) is -0.245. The van der Waals surface area contributed by atoms with E-state index in [-0.39, 0.29) is 5.75 Å². The molecule has 3 aromatic carbocycles. The van der Waals surface area contributed by atoms with Gasteiger partial charge in [0.1, 0.15) is 5.75 Å². The van der Waals surface area contributed by atoms with Gasteiger partial charge in [0.05, 0.1) is 18.0 Å². The van der Waals surface area contributed by atoms with Crippen molar-refractivity contribution < 1.29 is 17.9 Å². The van der Waals surface area contributed by atoms with Gasteiger partial charge in [-0.2, -0.15) is 5.26 Å². The van der Waals surface area contributed by atoms with Crippen LogP contribution in [0.4, 0.5) is 13.2 Å². The fourth-order valence-corrected chi connectivity index (χ4v) is 3.42. The van der Waals surface area contributed by atoms with Crippen molar-refractivity contribution in [2.45, 2.75) is 19.3 Å². The molecule has 0 atom stereocenters. The summed E-state index contributed by atoms with van der Waals surface area (Å²) >= 11 is 0. The molecule has 0 saturated carbocycles. The number of halogens is 3. The van der Waals surface area contributed by atoms with E-state index in [4.69, 9.17) is 5.26 Å². The quantitative estimate of drug-likeness (QED) is 0.377. The monoisotopic (exact) mass is 433 g/mol. The number of rotatable bonds is 6. The largest absolute Gasteiger partial charge is 0.573 e. The molecule has 32 heavy (non-hydrogen) atoms. The van der Waals surface area contributed by atoms with E-state index in [0.717, 1.165) is 22.4 Å². The third-order valence-electron chi connectivity index (χ3n) is 4.97. The first-order valence-corrected chi connectivity index (χ1v) is 9.83. The average Bonchev–Trinajstić information content (AvgIpc) is 3.20. The maximum atomic E-state index is 12.5. The van der Waals surface area contributed by atoms with Crippen LogP contribution in [-0.4, -0.2) is 15.9 Å². The highest BCUT2D eigenvalue weighted by atomic mass is 19.4. The van der Waals surface area contributed by atoms with E-state index in [2.05, 4.69) is 15.8 Å². The van der Waals surface area contributed by atoms with Gasteiger partial charge in [-0.3, -0.25) is 0 Å². The molecule has 0 fully saturated rings. The van der Waals surface area contributed by atoms with Crippen LogP contribution in [0.2, 0.25) is 0 Å². The number of ether oxygens (including phenoxy) is 1. The Morgan fingerprint density at radius 1 is 0.906 bits per heavy atom. The molecule has 0 N–H and O–H groups in total. The van der Waals surface area contributed by atoms with Gasteiger partial charge in [-0.1, -0.05) is 48.5 Å². The number of benzene rings is 3. The summed E-state index contributed by atoms with van der Waals surface area (Å²) in [5, 5.41) is 8.93. The smallest absolute Gasteiger partial charge is 0.406 e. The predicted molar refractivity (Wildman–Crippen MR) is 114 cm³/mol. The van der Waals surface area contributed by atoms with E-state index in [1.54, 1.807) is 24.5 Å². The van der Waals surface area contributed by atoms with Gasteiger partial charge in [0.2, 0.25) is 0 Å². The zero-order chi connectivity index (χ0) is 22.6. The van der Waals surface area contributed by atoms with Gasteiger partial charge in [0.15, 0.2) is 0 Å². The molecule has 0 aliphatic carbocycles. The van der Waals surface area contributed by atoms with Gasteiger partial charge < -0.3 is 9.30 Å². The third-order valence-corrected chi connectivity index (χ3v) is 4.97. The molecule has 4 aromatic rings. The third kappa shape index (κ3) is 5.35. The molecular formula is C25H18F3N3O. The lowest BCUT2D eigenvalue weighted by Gasteiger charge is -2.11. The molecule has 1 aromatic heterocycles. The molecule has 0 saturated heterocycles. The minimum Gasteiger partial charge on any atom is -0.406 e. The second-order valence-corrected chi connectivity index (χ2v) is 7.27. The first-order valence-electron chi connectivity index (χ1n) is 9.83. The van der Waals surface area contributed by atoms with E-state index in [9.17, 15) is 13.2 Å². The molecule has 0 unspecified atom stereocenters. The Morgan fingerprint density at radius 3 is 2.31 bits per heavy atom. The van der Waals surface area contributed by atoms with Crippen molar-refractivity contribution in [3.8, 4) is 22.9 Å². The van der Waals surface area contributed by atoms with E-state index in [0.29, 0.717) is 24.1 Å². The molecule has 7 heteroatoms. The molecule has 0 spiro atoms. The molecular weight excluding hydrogens is 415 g/mol. The summed E-state index contributed by atoms with van der Waals surface area (Å²) in [4.78, 5) is 4.26. The van der Waals surface area contributed by atoms with Crippen molar-refractivity contribution >= 4 is 0 Å². The van der Waals surface area contributed by atoms with Gasteiger partial charge in [-0.25, -0.2) is 4.98 Å². The Balaban J connectivity index is 1.46. The van der Waals surface area contributed by atoms with Gasteiger partial charge >= 0.3 is 6.36 Å². The molecule has 160 valence electrons. The summed E-state index contributed by atoms with van der Waals surface area (Å²) in [7, 11) is 0. The SMILES string of the molecule is N#Cc1ccc(Cc2cncn2Cc2ccc(-c3cccc(OC(F)(F)F)c3)cc2)cc1. The van der Waals surface area contributed by atoms with Crippen molar-refractivity contribution in [1.29, 1.82) is 5.26 Å². The van der Waals surface area contributed by atoms with Crippen LogP contribution in [0.25, 0.3) is 11.1 Å². The highest BCUT2D eigenvalue weighted by molar-refractivity contribution is 5.65. The van der Waals surface area contributed by atoms with Crippen LogP contribution >= 0.6 is 0 Å². The Hall–Kier alpha value is -4.05. The summed E-state index contributed by atoms with van der Waals surface area (Å²) in [5.41, 5.74) is 5.22. The molecule has 4 rings (SSSR count). The van der Waals surface area contributed by atoms with Crippen molar-refractivity contribution in [3.63, 3.8) is 0 Å². The predicted octanol–water partition coefficient (Wildman–Crippen LogP) is 5.96. The topological polar surface area (TPSA) is 50.8 Å². The number of hydrogen-bond acceptors (Lipinski definition) is 3. The lowest BCUT2D eigenvalue weighted by molar-refractivity contribution is -0.274. The number of imidazole rings is 1. The highest BCUT2D eigenvalue weighted by Gasteiger charge is 2.31. The van der Waals surface area contributed by atoms with Crippen LogP contribution < -0.4 is 4.74 Å². The van der Waals surface area contributed by atoms with Gasteiger partial charge in [0, 0.05) is 24.9 Å². The van der Waals surface area contributed by atoms with Crippen LogP contribution in [-0.2, 0) is 13.0 Å². The number of nitriles is 1. The first-order chi connectivity index (χ1) is 15.4. The summed E-state index contributed by atoms with van der Waals surface area (Å²) < 4.78 is 43.5. The van der Waals surface area contributed by atoms with Crippen LogP contribution in [0, 0.1) is 11.3 Å². The van der Waals surface area contributed by atoms with Gasteiger partial charge in [-0.05, 0) is 46.5 Å². The standard InChI is InChI=1S/C25H18F3N3O/c26-25(27,28)32-24-3-1-2-22(13-24)21-10-8-20(9-11-21)16-31-17-30-15-23(31)12-18-4-6-19(14-29)7-5-18/h1-11,13,15,17H,12,16H2. The van der Waals surface area contributed by atoms with Gasteiger partial charge in [0.25, 0.3) is 0 Å². The Bertz CT molecular complexity index is 1240. The fourth-order valence-electron chi connectivity index (χ4n) is 3.42. The Morgan fingerprint density at radius 2 is 1.62 bits per heavy atom. The summed E-state index contributed by atoms with van der Waals surface area (Å²) in [6, 6.07) is 23.1. The van der Waals surface area contributed by atoms with E-state index >= 15 is 0 Å². The minimum absolute atomic E-state index is 0.245. The maximum absolute atomic E-state index is 12.5. The fraction of sp³-hybridized carbons (Fsp3) is 0.120. The van der Waals surface area contributed by atoms with Crippen molar-refractivity contribution in [3.05, 3.63) is 108 Å². The minimum atomic E-state index is -4.72. The van der Waals surface area contributed by atoms with Gasteiger partial charge in [-0.15, -0.1) is 13.2 Å². The summed E-state index contributed by atoms with van der Waals surface area (Å²) in [6.45, 7) is 0.614. The summed E-state index contributed by atoms with van der Waals surface area (Å²) in [6.07, 6.45) is -0.442. The van der Waals surface area contributed by atoms with Crippen LogP contribution in [0.1, 0.15) is 22.4 Å². The normalized spacial score (nSPS) is 11.2. The van der Waals surface area contributed by atoms with Crippen molar-refractivity contribution in [2.75, 3.05) is 0 Å². The molecule has 0 amide bonds. The van der Waals surface area contributed by atoms with Crippen LogP contribution in [0.5, 0.6) is 5.75 Å². The number of nitrogens with zero attached hydrogens (tertiary/aromatic N) is 3. The molecule has 4 nitrogen and oxygen atoms in total. The molecule has 0 radical (unpaired) electrons. The molecule has 0 bridgehead atoms. The number of aromatic nitrogens is 2. The van der Waals surface area contributed by atoms with Crippen molar-refractivity contribution in [2.24, 2.45) is 0 Å². The lowest BCUT2D eigenvalue weighted by atomic mass is 10.0. The highest BCUT2D eigenvalue weighted by Crippen LogP contribution is 2.28. The van der Waals surface area contributed by atoms with E-state index < -0.39 is 6.36 Å². The lowest BCUT2D eigenvalue weighted by Crippen LogP contribution is -2.17. The second-order valence-electron chi connectivity index (χ2n) is 7.27. The zero-order valence-corrected chi connectivity index (χ0v) is 16.9. The maximum Gasteiger partial charge on any atom is 0.573 e. The second kappa shape index (κ2) is 8.98. The van der Waals surface area contributed by atoms with E-state index in [1.807, 2.05) is 47.2 Å². The zero-order valence-electron chi connectivity index (χ0n) is 16.9. The number of hydrogen-bond donors (Lipinski definition) is 0. The van der Waals surface area contributed by atoms with Crippen molar-refractivity contribution in [1.82, 2.24) is 9.55 Å². The average molecular weight is 433 g/mol.